The third-order valence-electron chi connectivity index (χ3n) is 5.29. The van der Waals surface area contributed by atoms with E-state index in [1.165, 1.54) is 12.1 Å². The van der Waals surface area contributed by atoms with Crippen LogP contribution in [0.25, 0.3) is 11.1 Å². The fraction of sp³-hybridized carbons (Fsp3) is 0.231. The quantitative estimate of drug-likeness (QED) is 0.402. The van der Waals surface area contributed by atoms with Gasteiger partial charge in [0.2, 0.25) is 0 Å². The number of hydrogen-bond donors (Lipinski definition) is 0. The average molecular weight is 455 g/mol. The van der Waals surface area contributed by atoms with Gasteiger partial charge in [-0.1, -0.05) is 37.3 Å². The maximum Gasteiger partial charge on any atom is 0.326 e. The molecule has 0 saturated heterocycles. The molecule has 0 aromatic heterocycles. The zero-order valence-corrected chi connectivity index (χ0v) is 18.6. The van der Waals surface area contributed by atoms with Crippen LogP contribution >= 0.6 is 0 Å². The van der Waals surface area contributed by atoms with Gasteiger partial charge < -0.3 is 4.74 Å². The molecule has 0 N–H and O–H groups in total. The molecule has 3 aromatic rings. The number of benzene rings is 3. The Kier molecular flexibility index (Phi) is 7.21. The van der Waals surface area contributed by atoms with Crippen molar-refractivity contribution in [1.82, 2.24) is 0 Å². The summed E-state index contributed by atoms with van der Waals surface area (Å²) in [5, 5.41) is 0. The lowest BCUT2D eigenvalue weighted by atomic mass is 10.0. The molecule has 0 fully saturated rings. The van der Waals surface area contributed by atoms with Crippen molar-refractivity contribution in [3.8, 4) is 11.1 Å². The van der Waals surface area contributed by atoms with Gasteiger partial charge in [-0.3, -0.25) is 14.5 Å². The first-order valence-corrected chi connectivity index (χ1v) is 10.4. The average Bonchev–Trinajstić information content (AvgIpc) is 2.77. The Morgan fingerprint density at radius 3 is 2.09 bits per heavy atom. The molecule has 0 radical (unpaired) electrons. The maximum atomic E-state index is 14.4. The summed E-state index contributed by atoms with van der Waals surface area (Å²) in [4.78, 5) is 26.9. The van der Waals surface area contributed by atoms with Crippen molar-refractivity contribution in [2.45, 2.75) is 32.8 Å². The summed E-state index contributed by atoms with van der Waals surface area (Å²) in [6.45, 7) is 4.74. The van der Waals surface area contributed by atoms with Crippen molar-refractivity contribution >= 4 is 17.6 Å². The minimum absolute atomic E-state index is 0.232. The molecular weight excluding hydrogens is 431 g/mol. The largest absolute Gasteiger partial charge is 0.458 e. The molecule has 172 valence electrons. The van der Waals surface area contributed by atoms with E-state index in [1.807, 2.05) is 6.92 Å². The molecule has 0 aliphatic heterocycles. The van der Waals surface area contributed by atoms with Crippen molar-refractivity contribution in [2.75, 3.05) is 11.4 Å². The highest BCUT2D eigenvalue weighted by atomic mass is 19.1. The molecule has 0 unspecified atom stereocenters. The summed E-state index contributed by atoms with van der Waals surface area (Å²) >= 11 is 0. The summed E-state index contributed by atoms with van der Waals surface area (Å²) in [6, 6.07) is 15.3. The molecule has 3 aromatic carbocycles. The number of nitrogens with zero attached hydrogens (tertiary/aromatic N) is 1. The number of carbonyl (C=O) groups is 2. The molecule has 0 saturated carbocycles. The van der Waals surface area contributed by atoms with E-state index in [1.54, 1.807) is 50.2 Å². The molecule has 0 atom stereocenters. The van der Waals surface area contributed by atoms with Gasteiger partial charge in [-0.2, -0.15) is 0 Å². The minimum Gasteiger partial charge on any atom is -0.458 e. The SMILES string of the molecule is CCC(C)(C)OC(=O)CN(C(=O)c1c(F)cccc1F)c1cccc(-c2ccc(F)cc2)c1. The fourth-order valence-corrected chi connectivity index (χ4v) is 3.15. The topological polar surface area (TPSA) is 46.6 Å². The van der Waals surface area contributed by atoms with Gasteiger partial charge in [0, 0.05) is 5.69 Å². The molecular formula is C26H24F3NO3. The van der Waals surface area contributed by atoms with Gasteiger partial charge in [0.15, 0.2) is 0 Å². The molecule has 1 amide bonds. The third kappa shape index (κ3) is 5.80. The Morgan fingerprint density at radius 2 is 1.48 bits per heavy atom. The van der Waals surface area contributed by atoms with Crippen molar-refractivity contribution in [2.24, 2.45) is 0 Å². The first-order chi connectivity index (χ1) is 15.6. The maximum absolute atomic E-state index is 14.4. The van der Waals surface area contributed by atoms with E-state index in [4.69, 9.17) is 4.74 Å². The first-order valence-electron chi connectivity index (χ1n) is 10.4. The fourth-order valence-electron chi connectivity index (χ4n) is 3.15. The molecule has 0 heterocycles. The Bertz CT molecular complexity index is 1140. The van der Waals surface area contributed by atoms with E-state index in [0.29, 0.717) is 17.5 Å². The van der Waals surface area contributed by atoms with Crippen LogP contribution in [0, 0.1) is 17.5 Å². The molecule has 0 aliphatic carbocycles. The normalized spacial score (nSPS) is 11.2. The predicted molar refractivity (Wildman–Crippen MR) is 120 cm³/mol. The number of ether oxygens (including phenoxy) is 1. The van der Waals surface area contributed by atoms with Crippen molar-refractivity contribution < 1.29 is 27.5 Å². The first kappa shape index (κ1) is 24.0. The van der Waals surface area contributed by atoms with E-state index < -0.39 is 47.0 Å². The lowest BCUT2D eigenvalue weighted by Gasteiger charge is -2.27. The van der Waals surface area contributed by atoms with Crippen molar-refractivity contribution in [1.29, 1.82) is 0 Å². The Balaban J connectivity index is 2.03. The molecule has 33 heavy (non-hydrogen) atoms. The number of carbonyl (C=O) groups excluding carboxylic acids is 2. The second-order valence-electron chi connectivity index (χ2n) is 8.13. The highest BCUT2D eigenvalue weighted by Crippen LogP contribution is 2.27. The number of halogens is 3. The van der Waals surface area contributed by atoms with E-state index in [-0.39, 0.29) is 5.69 Å². The van der Waals surface area contributed by atoms with Gasteiger partial charge in [0.05, 0.1) is 0 Å². The molecule has 7 heteroatoms. The Labute approximate surface area is 190 Å². The van der Waals surface area contributed by atoms with Gasteiger partial charge in [0.1, 0.15) is 35.2 Å². The highest BCUT2D eigenvalue weighted by Gasteiger charge is 2.29. The number of anilines is 1. The smallest absolute Gasteiger partial charge is 0.326 e. The van der Waals surface area contributed by atoms with Gasteiger partial charge >= 0.3 is 5.97 Å². The molecule has 0 bridgehead atoms. The van der Waals surface area contributed by atoms with E-state index in [9.17, 15) is 22.8 Å². The Hall–Kier alpha value is -3.61. The lowest BCUT2D eigenvalue weighted by molar-refractivity contribution is -0.154. The number of esters is 1. The van der Waals surface area contributed by atoms with Crippen LogP contribution in [0.15, 0.2) is 66.7 Å². The monoisotopic (exact) mass is 455 g/mol. The van der Waals surface area contributed by atoms with Gasteiger partial charge in [-0.05, 0) is 67.8 Å². The second-order valence-corrected chi connectivity index (χ2v) is 8.13. The highest BCUT2D eigenvalue weighted by molar-refractivity contribution is 6.09. The van der Waals surface area contributed by atoms with E-state index in [2.05, 4.69) is 0 Å². The number of rotatable bonds is 7. The minimum atomic E-state index is -1.04. The summed E-state index contributed by atoms with van der Waals surface area (Å²) in [5.41, 5.74) is -0.0210. The van der Waals surface area contributed by atoms with Crippen LogP contribution in [0.5, 0.6) is 0 Å². The standard InChI is InChI=1S/C26H24F3NO3/c1-4-26(2,3)33-23(31)16-30(25(32)24-21(28)9-6-10-22(24)29)20-8-5-7-18(15-20)17-11-13-19(27)14-12-17/h5-15H,4,16H2,1-3H3. The summed E-state index contributed by atoms with van der Waals surface area (Å²) in [6.07, 6.45) is 0.536. The van der Waals surface area contributed by atoms with E-state index >= 15 is 0 Å². The van der Waals surface area contributed by atoms with Crippen LogP contribution in [0.1, 0.15) is 37.6 Å². The lowest BCUT2D eigenvalue weighted by Crippen LogP contribution is -2.40. The van der Waals surface area contributed by atoms with Crippen LogP contribution in [0.4, 0.5) is 18.9 Å². The van der Waals surface area contributed by atoms with Crippen LogP contribution < -0.4 is 4.90 Å². The van der Waals surface area contributed by atoms with Gasteiger partial charge in [-0.15, -0.1) is 0 Å². The predicted octanol–water partition coefficient (Wildman–Crippen LogP) is 6.15. The second kappa shape index (κ2) is 9.90. The zero-order valence-electron chi connectivity index (χ0n) is 18.6. The van der Waals surface area contributed by atoms with Crippen LogP contribution in [0.3, 0.4) is 0 Å². The zero-order chi connectivity index (χ0) is 24.2. The van der Waals surface area contributed by atoms with E-state index in [0.717, 1.165) is 23.1 Å². The van der Waals surface area contributed by atoms with Crippen molar-refractivity contribution in [3.05, 3.63) is 89.7 Å². The van der Waals surface area contributed by atoms with Crippen LogP contribution in [-0.4, -0.2) is 24.0 Å². The third-order valence-corrected chi connectivity index (χ3v) is 5.29. The molecule has 4 nitrogen and oxygen atoms in total. The Morgan fingerprint density at radius 1 is 0.879 bits per heavy atom. The molecule has 3 rings (SSSR count). The summed E-state index contributed by atoms with van der Waals surface area (Å²) in [7, 11) is 0. The van der Waals surface area contributed by atoms with Crippen LogP contribution in [0.2, 0.25) is 0 Å². The van der Waals surface area contributed by atoms with Crippen LogP contribution in [-0.2, 0) is 9.53 Å². The number of amides is 1. The summed E-state index contributed by atoms with van der Waals surface area (Å²) < 4.78 is 47.5. The summed E-state index contributed by atoms with van der Waals surface area (Å²) in [5.74, 6) is -4.22. The van der Waals surface area contributed by atoms with Gasteiger partial charge in [0.25, 0.3) is 5.91 Å². The molecule has 0 spiro atoms. The van der Waals surface area contributed by atoms with Gasteiger partial charge in [-0.25, -0.2) is 13.2 Å². The molecule has 0 aliphatic rings. The number of hydrogen-bond acceptors (Lipinski definition) is 3. The van der Waals surface area contributed by atoms with Crippen molar-refractivity contribution in [3.63, 3.8) is 0 Å².